The average Bonchev–Trinajstić information content (AvgIpc) is 2.78. The standard InChI is InChI=1S/C15H20BrNO2/c1-11-5-6-12(16)9-13(11)14(18)17(2)10-15(19)7-3-4-8-15/h5-6,9,19H,3-4,7-8,10H2,1-2H3. The Morgan fingerprint density at radius 3 is 2.68 bits per heavy atom. The van der Waals surface area contributed by atoms with E-state index in [-0.39, 0.29) is 5.91 Å². The lowest BCUT2D eigenvalue weighted by Gasteiger charge is -2.29. The van der Waals surface area contributed by atoms with Crippen LogP contribution in [-0.4, -0.2) is 35.1 Å². The Morgan fingerprint density at radius 1 is 1.42 bits per heavy atom. The van der Waals surface area contributed by atoms with Crippen LogP contribution < -0.4 is 0 Å². The van der Waals surface area contributed by atoms with Crippen LogP contribution in [-0.2, 0) is 0 Å². The molecule has 4 heteroatoms. The van der Waals surface area contributed by atoms with E-state index < -0.39 is 5.60 Å². The van der Waals surface area contributed by atoms with Crippen LogP contribution in [0.4, 0.5) is 0 Å². The minimum absolute atomic E-state index is 0.0286. The molecule has 0 heterocycles. The number of carbonyl (C=O) groups is 1. The van der Waals surface area contributed by atoms with Crippen LogP contribution in [0.3, 0.4) is 0 Å². The third kappa shape index (κ3) is 3.37. The lowest BCUT2D eigenvalue weighted by molar-refractivity contribution is 0.0156. The Morgan fingerprint density at radius 2 is 2.05 bits per heavy atom. The van der Waals surface area contributed by atoms with Crippen molar-refractivity contribution in [2.24, 2.45) is 0 Å². The second-order valence-corrected chi connectivity index (χ2v) is 6.47. The highest BCUT2D eigenvalue weighted by atomic mass is 79.9. The van der Waals surface area contributed by atoms with Gasteiger partial charge in [0.2, 0.25) is 0 Å². The van der Waals surface area contributed by atoms with Gasteiger partial charge in [-0.3, -0.25) is 4.79 Å². The number of carbonyl (C=O) groups excluding carboxylic acids is 1. The average molecular weight is 326 g/mol. The van der Waals surface area contributed by atoms with Gasteiger partial charge in [-0.05, 0) is 37.5 Å². The molecule has 0 spiro atoms. The summed E-state index contributed by atoms with van der Waals surface area (Å²) in [4.78, 5) is 14.1. The second-order valence-electron chi connectivity index (χ2n) is 5.55. The highest BCUT2D eigenvalue weighted by molar-refractivity contribution is 9.10. The van der Waals surface area contributed by atoms with Crippen LogP contribution in [0.2, 0.25) is 0 Å². The Hall–Kier alpha value is -0.870. The van der Waals surface area contributed by atoms with Crippen LogP contribution in [0.1, 0.15) is 41.6 Å². The van der Waals surface area contributed by atoms with E-state index in [0.717, 1.165) is 35.7 Å². The molecule has 0 aliphatic heterocycles. The summed E-state index contributed by atoms with van der Waals surface area (Å²) >= 11 is 3.39. The minimum atomic E-state index is -0.690. The van der Waals surface area contributed by atoms with Crippen molar-refractivity contribution in [3.05, 3.63) is 33.8 Å². The fourth-order valence-electron chi connectivity index (χ4n) is 2.73. The molecule has 1 aliphatic rings. The molecule has 19 heavy (non-hydrogen) atoms. The molecule has 104 valence electrons. The first-order valence-corrected chi connectivity index (χ1v) is 7.45. The van der Waals surface area contributed by atoms with Gasteiger partial charge in [0, 0.05) is 23.6 Å². The molecule has 1 amide bonds. The lowest BCUT2D eigenvalue weighted by atomic mass is 10.0. The highest BCUT2D eigenvalue weighted by Gasteiger charge is 2.33. The second kappa shape index (κ2) is 5.63. The number of nitrogens with zero attached hydrogens (tertiary/aromatic N) is 1. The maximum atomic E-state index is 12.4. The monoisotopic (exact) mass is 325 g/mol. The molecule has 0 radical (unpaired) electrons. The van der Waals surface area contributed by atoms with Crippen molar-refractivity contribution >= 4 is 21.8 Å². The van der Waals surface area contributed by atoms with Crippen LogP contribution in [0.25, 0.3) is 0 Å². The number of benzene rings is 1. The third-order valence-corrected chi connectivity index (χ3v) is 4.34. The molecule has 1 aromatic carbocycles. The normalized spacial score (nSPS) is 17.5. The molecule has 1 N–H and O–H groups in total. The first-order chi connectivity index (χ1) is 8.91. The molecule has 0 unspecified atom stereocenters. The van der Waals surface area contributed by atoms with Gasteiger partial charge in [0.25, 0.3) is 5.91 Å². The molecular weight excluding hydrogens is 306 g/mol. The summed E-state index contributed by atoms with van der Waals surface area (Å²) in [6.07, 6.45) is 3.69. The Kier molecular flexibility index (Phi) is 4.31. The first kappa shape index (κ1) is 14.5. The maximum Gasteiger partial charge on any atom is 0.254 e. The number of hydrogen-bond donors (Lipinski definition) is 1. The number of rotatable bonds is 3. The molecule has 0 bridgehead atoms. The van der Waals surface area contributed by atoms with Crippen molar-refractivity contribution in [2.45, 2.75) is 38.2 Å². The molecule has 2 rings (SSSR count). The van der Waals surface area contributed by atoms with Crippen LogP contribution >= 0.6 is 15.9 Å². The molecule has 1 saturated carbocycles. The van der Waals surface area contributed by atoms with E-state index in [0.29, 0.717) is 12.1 Å². The lowest BCUT2D eigenvalue weighted by Crippen LogP contribution is -2.42. The van der Waals surface area contributed by atoms with Gasteiger partial charge >= 0.3 is 0 Å². The Bertz CT molecular complexity index is 481. The molecule has 1 aromatic rings. The quantitative estimate of drug-likeness (QED) is 0.927. The van der Waals surface area contributed by atoms with E-state index in [9.17, 15) is 9.90 Å². The molecule has 1 aliphatic carbocycles. The fraction of sp³-hybridized carbons (Fsp3) is 0.533. The van der Waals surface area contributed by atoms with Crippen molar-refractivity contribution in [2.75, 3.05) is 13.6 Å². The van der Waals surface area contributed by atoms with Gasteiger partial charge in [0.15, 0.2) is 0 Å². The van der Waals surface area contributed by atoms with E-state index in [4.69, 9.17) is 0 Å². The minimum Gasteiger partial charge on any atom is -0.388 e. The fourth-order valence-corrected chi connectivity index (χ4v) is 3.10. The van der Waals surface area contributed by atoms with Crippen molar-refractivity contribution in [3.8, 4) is 0 Å². The number of amides is 1. The zero-order valence-electron chi connectivity index (χ0n) is 11.4. The van der Waals surface area contributed by atoms with Gasteiger partial charge in [-0.25, -0.2) is 0 Å². The molecular formula is C15H20BrNO2. The van der Waals surface area contributed by atoms with Gasteiger partial charge in [-0.1, -0.05) is 34.8 Å². The van der Waals surface area contributed by atoms with E-state index >= 15 is 0 Å². The largest absolute Gasteiger partial charge is 0.388 e. The molecule has 1 fully saturated rings. The molecule has 0 aromatic heterocycles. The Labute approximate surface area is 122 Å². The van der Waals surface area contributed by atoms with E-state index in [1.807, 2.05) is 25.1 Å². The maximum absolute atomic E-state index is 12.4. The SMILES string of the molecule is Cc1ccc(Br)cc1C(=O)N(C)CC1(O)CCCC1. The summed E-state index contributed by atoms with van der Waals surface area (Å²) in [7, 11) is 1.76. The van der Waals surface area contributed by atoms with Gasteiger partial charge in [-0.15, -0.1) is 0 Å². The van der Waals surface area contributed by atoms with Crippen molar-refractivity contribution < 1.29 is 9.90 Å². The molecule has 3 nitrogen and oxygen atoms in total. The molecule has 0 saturated heterocycles. The van der Waals surface area contributed by atoms with E-state index in [1.54, 1.807) is 11.9 Å². The van der Waals surface area contributed by atoms with Crippen molar-refractivity contribution in [1.82, 2.24) is 4.90 Å². The highest BCUT2D eigenvalue weighted by Crippen LogP contribution is 2.30. The zero-order valence-corrected chi connectivity index (χ0v) is 13.0. The number of halogens is 1. The van der Waals surface area contributed by atoms with Crippen LogP contribution in [0.15, 0.2) is 22.7 Å². The summed E-state index contributed by atoms with van der Waals surface area (Å²) in [5, 5.41) is 10.4. The van der Waals surface area contributed by atoms with Gasteiger partial charge in [0.05, 0.1) is 5.60 Å². The Balaban J connectivity index is 2.12. The summed E-state index contributed by atoms with van der Waals surface area (Å²) in [6.45, 7) is 2.34. The first-order valence-electron chi connectivity index (χ1n) is 6.65. The summed E-state index contributed by atoms with van der Waals surface area (Å²) in [6, 6.07) is 5.69. The van der Waals surface area contributed by atoms with Crippen molar-refractivity contribution in [3.63, 3.8) is 0 Å². The molecule has 0 atom stereocenters. The summed E-state index contributed by atoms with van der Waals surface area (Å²) < 4.78 is 0.898. The van der Waals surface area contributed by atoms with Gasteiger partial charge < -0.3 is 10.0 Å². The topological polar surface area (TPSA) is 40.5 Å². The number of aryl methyl sites for hydroxylation is 1. The predicted molar refractivity (Wildman–Crippen MR) is 79.3 cm³/mol. The number of aliphatic hydroxyl groups is 1. The van der Waals surface area contributed by atoms with E-state index in [1.165, 1.54) is 0 Å². The summed E-state index contributed by atoms with van der Waals surface area (Å²) in [5.41, 5.74) is 0.960. The zero-order chi connectivity index (χ0) is 14.0. The predicted octanol–water partition coefficient (Wildman–Crippen LogP) is 3.13. The van der Waals surface area contributed by atoms with Crippen molar-refractivity contribution in [1.29, 1.82) is 0 Å². The van der Waals surface area contributed by atoms with Crippen LogP contribution in [0, 0.1) is 6.92 Å². The van der Waals surface area contributed by atoms with Gasteiger partial charge in [-0.2, -0.15) is 0 Å². The van der Waals surface area contributed by atoms with Gasteiger partial charge in [0.1, 0.15) is 0 Å². The smallest absolute Gasteiger partial charge is 0.254 e. The van der Waals surface area contributed by atoms with E-state index in [2.05, 4.69) is 15.9 Å². The number of hydrogen-bond acceptors (Lipinski definition) is 2. The number of likely N-dealkylation sites (N-methyl/N-ethyl adjacent to an activating group) is 1. The van der Waals surface area contributed by atoms with Crippen LogP contribution in [0.5, 0.6) is 0 Å². The third-order valence-electron chi connectivity index (χ3n) is 3.84. The summed E-state index contributed by atoms with van der Waals surface area (Å²) in [5.74, 6) is -0.0286.